The van der Waals surface area contributed by atoms with Gasteiger partial charge in [-0.15, -0.1) is 9.81 Å². The molecule has 0 saturated heterocycles. The zero-order valence-corrected chi connectivity index (χ0v) is 20.9. The van der Waals surface area contributed by atoms with Crippen molar-refractivity contribution in [2.45, 2.75) is 13.1 Å². The lowest BCUT2D eigenvalue weighted by atomic mass is 10.2. The first-order valence-electron chi connectivity index (χ1n) is 12.2. The van der Waals surface area contributed by atoms with Crippen LogP contribution in [0.4, 0.5) is 20.2 Å². The topological polar surface area (TPSA) is 109 Å². The maximum Gasteiger partial charge on any atom is 0.222 e. The molecule has 2 heterocycles. The molecule has 0 spiro atoms. The zero-order chi connectivity index (χ0) is 28.2. The predicted octanol–water partition coefficient (Wildman–Crippen LogP) is 7.86. The number of aromatic hydroxyl groups is 2. The van der Waals surface area contributed by atoms with E-state index >= 15 is 0 Å². The monoisotopic (exact) mass is 540 g/mol. The average Bonchev–Trinajstić information content (AvgIpc) is 3.38. The zero-order valence-electron chi connectivity index (χ0n) is 20.9. The van der Waals surface area contributed by atoms with Gasteiger partial charge in [0.05, 0.1) is 24.1 Å². The highest BCUT2D eigenvalue weighted by atomic mass is 19.1. The summed E-state index contributed by atoms with van der Waals surface area (Å²) >= 11 is 0. The minimum Gasteiger partial charge on any atom is -0.493 e. The second kappa shape index (κ2) is 11.2. The van der Waals surface area contributed by atoms with E-state index in [9.17, 15) is 28.8 Å². The van der Waals surface area contributed by atoms with Crippen LogP contribution in [-0.4, -0.2) is 19.3 Å². The van der Waals surface area contributed by atoms with Gasteiger partial charge in [0.25, 0.3) is 0 Å². The number of aromatic nitrogens is 2. The van der Waals surface area contributed by atoms with Crippen LogP contribution < -0.4 is 0 Å². The van der Waals surface area contributed by atoms with Crippen LogP contribution >= 0.6 is 0 Å². The Morgan fingerprint density at radius 3 is 1.80 bits per heavy atom. The summed E-state index contributed by atoms with van der Waals surface area (Å²) in [6, 6.07) is 26.8. The van der Waals surface area contributed by atoms with E-state index in [1.165, 1.54) is 28.8 Å². The molecule has 0 saturated carbocycles. The van der Waals surface area contributed by atoms with E-state index < -0.39 is 11.6 Å². The second-order valence-electron chi connectivity index (χ2n) is 8.99. The Balaban J connectivity index is 0.000000162. The average molecular weight is 541 g/mol. The van der Waals surface area contributed by atoms with E-state index in [-0.39, 0.29) is 35.1 Å². The number of hydrogen-bond acceptors (Lipinski definition) is 6. The lowest BCUT2D eigenvalue weighted by Gasteiger charge is -2.07. The summed E-state index contributed by atoms with van der Waals surface area (Å²) in [4.78, 5) is 21.8. The summed E-state index contributed by atoms with van der Waals surface area (Å²) in [6.45, 7) is 0.643. The van der Waals surface area contributed by atoms with Gasteiger partial charge in [-0.2, -0.15) is 0 Å². The predicted molar refractivity (Wildman–Crippen MR) is 149 cm³/mol. The Hall–Kier alpha value is -5.38. The summed E-state index contributed by atoms with van der Waals surface area (Å²) < 4.78 is 29.6. The molecule has 0 aliphatic heterocycles. The Labute approximate surface area is 226 Å². The molecule has 0 atom stereocenters. The van der Waals surface area contributed by atoms with Crippen molar-refractivity contribution in [1.29, 1.82) is 0 Å². The van der Waals surface area contributed by atoms with Crippen molar-refractivity contribution < 1.29 is 19.0 Å². The lowest BCUT2D eigenvalue weighted by Crippen LogP contribution is -1.99. The van der Waals surface area contributed by atoms with Crippen LogP contribution in [0.1, 0.15) is 11.1 Å². The molecule has 10 heteroatoms. The van der Waals surface area contributed by atoms with Gasteiger partial charge < -0.3 is 19.3 Å². The summed E-state index contributed by atoms with van der Waals surface area (Å²) in [7, 11) is 0. The van der Waals surface area contributed by atoms with Crippen molar-refractivity contribution in [2.24, 2.45) is 10.4 Å². The highest BCUT2D eigenvalue weighted by Gasteiger charge is 2.19. The van der Waals surface area contributed by atoms with E-state index in [1.807, 2.05) is 48.5 Å². The number of halogens is 2. The number of nitrogens with zero attached hydrogens (tertiary/aromatic N) is 4. The molecule has 200 valence electrons. The van der Waals surface area contributed by atoms with Crippen molar-refractivity contribution in [3.05, 3.63) is 130 Å². The minimum absolute atomic E-state index is 0.0833. The number of nitroso groups, excluding NO2 is 2. The molecule has 0 fully saturated rings. The van der Waals surface area contributed by atoms with E-state index in [0.29, 0.717) is 23.0 Å². The second-order valence-corrected chi connectivity index (χ2v) is 8.99. The maximum absolute atomic E-state index is 13.3. The molecule has 40 heavy (non-hydrogen) atoms. The molecule has 0 aliphatic carbocycles. The number of rotatable bonds is 6. The van der Waals surface area contributed by atoms with Crippen molar-refractivity contribution in [1.82, 2.24) is 9.13 Å². The normalized spacial score (nSPS) is 10.8. The third-order valence-electron chi connectivity index (χ3n) is 6.49. The van der Waals surface area contributed by atoms with Crippen LogP contribution in [0.2, 0.25) is 0 Å². The van der Waals surface area contributed by atoms with Crippen molar-refractivity contribution in [2.75, 3.05) is 0 Å². The molecule has 2 N–H and O–H groups in total. The molecule has 0 amide bonds. The Kier molecular flexibility index (Phi) is 7.32. The molecule has 6 aromatic rings. The lowest BCUT2D eigenvalue weighted by molar-refractivity contribution is 0.429. The number of benzene rings is 4. The highest BCUT2D eigenvalue weighted by Crippen LogP contribution is 2.40. The standard InChI is InChI=1S/C15H10F2N2O2.C15H12N2O2/c16-10-3-1-2-9(6-10)8-19-13-5-4-11(17)7-12(13)14(18-21)15(19)20;18-15-14(16-19)12-8-4-5-9-13(12)17(15)10-11-6-2-1-3-7-11/h1-7,20H,8H2;1-9,18H,10H2. The van der Waals surface area contributed by atoms with Gasteiger partial charge in [-0.1, -0.05) is 60.7 Å². The smallest absolute Gasteiger partial charge is 0.222 e. The van der Waals surface area contributed by atoms with E-state index in [2.05, 4.69) is 10.4 Å². The Morgan fingerprint density at radius 1 is 0.575 bits per heavy atom. The number of hydrogen-bond donors (Lipinski definition) is 2. The number of para-hydroxylation sites is 1. The van der Waals surface area contributed by atoms with Crippen LogP contribution in [0.15, 0.2) is 107 Å². The van der Waals surface area contributed by atoms with Gasteiger partial charge in [-0.3, -0.25) is 0 Å². The molecular weight excluding hydrogens is 518 g/mol. The largest absolute Gasteiger partial charge is 0.493 e. The van der Waals surface area contributed by atoms with Crippen molar-refractivity contribution >= 4 is 33.2 Å². The van der Waals surface area contributed by atoms with Gasteiger partial charge >= 0.3 is 0 Å². The fraction of sp³-hybridized carbons (Fsp3) is 0.0667. The van der Waals surface area contributed by atoms with Gasteiger partial charge in [0.1, 0.15) is 11.6 Å². The van der Waals surface area contributed by atoms with Crippen LogP contribution in [0, 0.1) is 21.4 Å². The first kappa shape index (κ1) is 26.2. The van der Waals surface area contributed by atoms with Crippen molar-refractivity contribution in [3.63, 3.8) is 0 Å². The third kappa shape index (κ3) is 5.02. The fourth-order valence-electron chi connectivity index (χ4n) is 4.65. The van der Waals surface area contributed by atoms with Crippen LogP contribution in [0.3, 0.4) is 0 Å². The molecule has 0 aliphatic rings. The van der Waals surface area contributed by atoms with Gasteiger partial charge in [0, 0.05) is 10.8 Å². The Morgan fingerprint density at radius 2 is 1.12 bits per heavy atom. The molecule has 4 aromatic carbocycles. The van der Waals surface area contributed by atoms with Gasteiger partial charge in [-0.05, 0) is 57.9 Å². The third-order valence-corrected chi connectivity index (χ3v) is 6.49. The molecule has 0 radical (unpaired) electrons. The minimum atomic E-state index is -0.532. The van der Waals surface area contributed by atoms with Gasteiger partial charge in [0.15, 0.2) is 11.4 Å². The fourth-order valence-corrected chi connectivity index (χ4v) is 4.65. The van der Waals surface area contributed by atoms with Crippen LogP contribution in [-0.2, 0) is 13.1 Å². The first-order valence-corrected chi connectivity index (χ1v) is 12.2. The summed E-state index contributed by atoms with van der Waals surface area (Å²) in [5.41, 5.74) is 2.79. The molecule has 0 unspecified atom stereocenters. The van der Waals surface area contributed by atoms with Crippen molar-refractivity contribution in [3.8, 4) is 11.8 Å². The quantitative estimate of drug-likeness (QED) is 0.210. The first-order chi connectivity index (χ1) is 19.4. The summed E-state index contributed by atoms with van der Waals surface area (Å²) in [5.74, 6) is -1.38. The highest BCUT2D eigenvalue weighted by molar-refractivity contribution is 5.96. The molecular formula is C30H22F2N4O4. The van der Waals surface area contributed by atoms with E-state index in [0.717, 1.165) is 17.1 Å². The van der Waals surface area contributed by atoms with E-state index in [4.69, 9.17) is 0 Å². The van der Waals surface area contributed by atoms with Crippen LogP contribution in [0.5, 0.6) is 11.8 Å². The van der Waals surface area contributed by atoms with Gasteiger partial charge in [-0.25, -0.2) is 8.78 Å². The summed E-state index contributed by atoms with van der Waals surface area (Å²) in [6.07, 6.45) is 0. The molecule has 6 rings (SSSR count). The maximum atomic E-state index is 13.3. The Bertz CT molecular complexity index is 1850. The van der Waals surface area contributed by atoms with Gasteiger partial charge in [0.2, 0.25) is 11.8 Å². The molecule has 2 aromatic heterocycles. The summed E-state index contributed by atoms with van der Waals surface area (Å²) in [5, 5.41) is 26.8. The number of fused-ring (bicyclic) bond motifs is 2. The van der Waals surface area contributed by atoms with E-state index in [1.54, 1.807) is 22.8 Å². The van der Waals surface area contributed by atoms with Crippen LogP contribution in [0.25, 0.3) is 21.8 Å². The SMILES string of the molecule is O=Nc1c(O)n(Cc2cccc(F)c2)c2ccc(F)cc12.O=Nc1c(O)n(Cc2ccccc2)c2ccccc12. The molecule has 0 bridgehead atoms. The molecule has 8 nitrogen and oxygen atoms in total.